The molecule has 3 atom stereocenters. The van der Waals surface area contributed by atoms with Gasteiger partial charge in [-0.25, -0.2) is 0 Å². The number of likely N-dealkylation sites (tertiary alicyclic amines) is 2. The third kappa shape index (κ3) is 3.06. The zero-order valence-corrected chi connectivity index (χ0v) is 14.9. The molecule has 2 aliphatic rings. The molecular formula is C19H25N5O. The molecule has 0 unspecified atom stereocenters. The summed E-state index contributed by atoms with van der Waals surface area (Å²) in [5.41, 5.74) is 2.76. The molecule has 1 aromatic heterocycles. The van der Waals surface area contributed by atoms with Crippen LogP contribution in [0.3, 0.4) is 0 Å². The van der Waals surface area contributed by atoms with Gasteiger partial charge in [0.2, 0.25) is 5.91 Å². The number of rotatable bonds is 4. The van der Waals surface area contributed by atoms with Crippen LogP contribution in [-0.2, 0) is 11.3 Å². The number of carbonyl (C=O) groups excluding carboxylic acids is 1. The Balaban J connectivity index is 1.44. The number of benzene rings is 1. The summed E-state index contributed by atoms with van der Waals surface area (Å²) in [6.45, 7) is 5.67. The molecule has 3 heterocycles. The van der Waals surface area contributed by atoms with Gasteiger partial charge in [0.1, 0.15) is 12.7 Å². The molecule has 2 aromatic rings. The number of aromatic nitrogens is 3. The fourth-order valence-electron chi connectivity index (χ4n) is 4.57. The maximum Gasteiger partial charge on any atom is 0.224 e. The van der Waals surface area contributed by atoms with Gasteiger partial charge in [-0.2, -0.15) is 0 Å². The first-order chi connectivity index (χ1) is 12.1. The molecule has 2 fully saturated rings. The first kappa shape index (κ1) is 16.3. The van der Waals surface area contributed by atoms with Gasteiger partial charge in [0.25, 0.3) is 0 Å². The summed E-state index contributed by atoms with van der Waals surface area (Å²) in [5, 5.41) is 7.57. The lowest BCUT2D eigenvalue weighted by Gasteiger charge is -2.28. The number of hydrogen-bond acceptors (Lipinski definition) is 4. The average molecular weight is 339 g/mol. The van der Waals surface area contributed by atoms with Gasteiger partial charge in [0.15, 0.2) is 0 Å². The summed E-state index contributed by atoms with van der Waals surface area (Å²) in [6, 6.07) is 9.08. The summed E-state index contributed by atoms with van der Waals surface area (Å²) in [6.07, 6.45) is 3.84. The SMILES string of the molecule is Cc1ccccc1[C@H]1[C@@H]2CN(C(=O)CCn3cnnc3)C[C@@H]2CN1C. The zero-order chi connectivity index (χ0) is 17.4. The molecule has 4 rings (SSSR count). The maximum absolute atomic E-state index is 12.6. The molecule has 0 radical (unpaired) electrons. The van der Waals surface area contributed by atoms with Crippen LogP contribution in [0.15, 0.2) is 36.9 Å². The molecule has 0 spiro atoms. The van der Waals surface area contributed by atoms with E-state index < -0.39 is 0 Å². The highest BCUT2D eigenvalue weighted by molar-refractivity contribution is 5.76. The van der Waals surface area contributed by atoms with Crippen LogP contribution in [-0.4, -0.2) is 57.2 Å². The molecule has 0 N–H and O–H groups in total. The predicted octanol–water partition coefficient (Wildman–Crippen LogP) is 1.74. The van der Waals surface area contributed by atoms with Crippen molar-refractivity contribution in [3.63, 3.8) is 0 Å². The van der Waals surface area contributed by atoms with Gasteiger partial charge >= 0.3 is 0 Å². The van der Waals surface area contributed by atoms with Crippen molar-refractivity contribution < 1.29 is 4.79 Å². The monoisotopic (exact) mass is 339 g/mol. The normalized spacial score (nSPS) is 26.2. The van der Waals surface area contributed by atoms with Gasteiger partial charge < -0.3 is 9.47 Å². The first-order valence-corrected chi connectivity index (χ1v) is 8.99. The van der Waals surface area contributed by atoms with E-state index in [2.05, 4.69) is 58.2 Å². The van der Waals surface area contributed by atoms with Crippen molar-refractivity contribution in [2.24, 2.45) is 11.8 Å². The van der Waals surface area contributed by atoms with E-state index in [9.17, 15) is 4.79 Å². The molecule has 6 nitrogen and oxygen atoms in total. The molecule has 2 saturated heterocycles. The van der Waals surface area contributed by atoms with Gasteiger partial charge in [-0.15, -0.1) is 10.2 Å². The van der Waals surface area contributed by atoms with Crippen molar-refractivity contribution in [3.8, 4) is 0 Å². The van der Waals surface area contributed by atoms with Crippen LogP contribution in [0, 0.1) is 18.8 Å². The fourth-order valence-corrected chi connectivity index (χ4v) is 4.57. The van der Waals surface area contributed by atoms with E-state index in [1.165, 1.54) is 11.1 Å². The van der Waals surface area contributed by atoms with Crippen LogP contribution in [0.4, 0.5) is 0 Å². The van der Waals surface area contributed by atoms with Crippen molar-refractivity contribution >= 4 is 5.91 Å². The molecule has 0 saturated carbocycles. The maximum atomic E-state index is 12.6. The highest BCUT2D eigenvalue weighted by Crippen LogP contribution is 2.44. The molecule has 0 bridgehead atoms. The van der Waals surface area contributed by atoms with E-state index in [-0.39, 0.29) is 5.91 Å². The van der Waals surface area contributed by atoms with Crippen molar-refractivity contribution in [1.29, 1.82) is 0 Å². The highest BCUT2D eigenvalue weighted by atomic mass is 16.2. The molecule has 0 aliphatic carbocycles. The van der Waals surface area contributed by atoms with Crippen LogP contribution in [0.25, 0.3) is 0 Å². The van der Waals surface area contributed by atoms with Crippen molar-refractivity contribution in [2.75, 3.05) is 26.7 Å². The van der Waals surface area contributed by atoms with Crippen LogP contribution in [0.1, 0.15) is 23.6 Å². The largest absolute Gasteiger partial charge is 0.342 e. The van der Waals surface area contributed by atoms with Gasteiger partial charge in [-0.3, -0.25) is 9.69 Å². The third-order valence-electron chi connectivity index (χ3n) is 5.80. The molecule has 1 amide bonds. The van der Waals surface area contributed by atoms with E-state index >= 15 is 0 Å². The standard InChI is InChI=1S/C19H25N5O/c1-14-5-3-4-6-16(14)19-17-11-24(10-15(17)9-22(19)2)18(25)7-8-23-12-20-21-13-23/h3-6,12-13,15,17,19H,7-11H2,1-2H3/t15-,17+,19-/m0/s1. The Morgan fingerprint density at radius 2 is 1.92 bits per heavy atom. The lowest BCUT2D eigenvalue weighted by Crippen LogP contribution is -2.34. The fraction of sp³-hybridized carbons (Fsp3) is 0.526. The minimum absolute atomic E-state index is 0.245. The van der Waals surface area contributed by atoms with Gasteiger partial charge in [-0.05, 0) is 31.0 Å². The lowest BCUT2D eigenvalue weighted by molar-refractivity contribution is -0.130. The Labute approximate surface area is 148 Å². The van der Waals surface area contributed by atoms with Crippen LogP contribution in [0.2, 0.25) is 0 Å². The Morgan fingerprint density at radius 1 is 1.16 bits per heavy atom. The molecule has 2 aliphatic heterocycles. The van der Waals surface area contributed by atoms with E-state index in [1.807, 2.05) is 4.57 Å². The quantitative estimate of drug-likeness (QED) is 0.851. The summed E-state index contributed by atoms with van der Waals surface area (Å²) in [7, 11) is 2.22. The molecule has 1 aromatic carbocycles. The van der Waals surface area contributed by atoms with Crippen LogP contribution >= 0.6 is 0 Å². The smallest absolute Gasteiger partial charge is 0.224 e. The van der Waals surface area contributed by atoms with Crippen molar-refractivity contribution in [1.82, 2.24) is 24.6 Å². The second-order valence-electron chi connectivity index (χ2n) is 7.41. The molecule has 132 valence electrons. The zero-order valence-electron chi connectivity index (χ0n) is 14.9. The topological polar surface area (TPSA) is 54.3 Å². The lowest BCUT2D eigenvalue weighted by atomic mass is 9.88. The first-order valence-electron chi connectivity index (χ1n) is 8.99. The number of nitrogens with zero attached hydrogens (tertiary/aromatic N) is 5. The van der Waals surface area contributed by atoms with Gasteiger partial charge in [0.05, 0.1) is 0 Å². The predicted molar refractivity (Wildman–Crippen MR) is 94.7 cm³/mol. The number of aryl methyl sites for hydroxylation is 2. The minimum atomic E-state index is 0.245. The molecule has 6 heteroatoms. The number of fused-ring (bicyclic) bond motifs is 1. The average Bonchev–Trinajstić information content (AvgIpc) is 3.30. The van der Waals surface area contributed by atoms with E-state index in [4.69, 9.17) is 0 Å². The molecular weight excluding hydrogens is 314 g/mol. The Hall–Kier alpha value is -2.21. The van der Waals surface area contributed by atoms with Gasteiger partial charge in [-0.1, -0.05) is 24.3 Å². The summed E-state index contributed by atoms with van der Waals surface area (Å²) < 4.78 is 1.86. The van der Waals surface area contributed by atoms with Crippen molar-refractivity contribution in [3.05, 3.63) is 48.0 Å². The van der Waals surface area contributed by atoms with Crippen molar-refractivity contribution in [2.45, 2.75) is 25.9 Å². The van der Waals surface area contributed by atoms with E-state index in [1.54, 1.807) is 12.7 Å². The number of hydrogen-bond donors (Lipinski definition) is 0. The van der Waals surface area contributed by atoms with Crippen LogP contribution in [0.5, 0.6) is 0 Å². The van der Waals surface area contributed by atoms with Crippen LogP contribution < -0.4 is 0 Å². The number of amides is 1. The van der Waals surface area contributed by atoms with E-state index in [0.717, 1.165) is 19.6 Å². The van der Waals surface area contributed by atoms with E-state index in [0.29, 0.717) is 30.8 Å². The van der Waals surface area contributed by atoms with Gasteiger partial charge in [0, 0.05) is 44.6 Å². The highest BCUT2D eigenvalue weighted by Gasteiger charge is 2.47. The Bertz CT molecular complexity index is 744. The number of carbonyl (C=O) groups is 1. The summed E-state index contributed by atoms with van der Waals surface area (Å²) in [5.74, 6) is 1.35. The summed E-state index contributed by atoms with van der Waals surface area (Å²) in [4.78, 5) is 17.2. The second kappa shape index (κ2) is 6.59. The molecule has 25 heavy (non-hydrogen) atoms. The minimum Gasteiger partial charge on any atom is -0.342 e. The second-order valence-corrected chi connectivity index (χ2v) is 7.41. The summed E-state index contributed by atoms with van der Waals surface area (Å²) >= 11 is 0. The third-order valence-corrected chi connectivity index (χ3v) is 5.80. The Kier molecular flexibility index (Phi) is 4.29. The Morgan fingerprint density at radius 3 is 2.68 bits per heavy atom.